The Morgan fingerprint density at radius 1 is 0.476 bits per heavy atom. The number of rotatable bonds is 28. The molecule has 0 spiro atoms. The smallest absolute Gasteiger partial charge is 0.320 e. The van der Waals surface area contributed by atoms with Crippen LogP contribution in [0, 0.1) is 0 Å². The molecule has 0 unspecified atom stereocenters. The number of esters is 4. The summed E-state index contributed by atoms with van der Waals surface area (Å²) in [6.07, 6.45) is 16.0. The number of hydrogen-bond donors (Lipinski definition) is 0. The molecule has 63 heavy (non-hydrogen) atoms. The largest absolute Gasteiger partial charge is 0.459 e. The Morgan fingerprint density at radius 2 is 0.825 bits per heavy atom. The highest BCUT2D eigenvalue weighted by molar-refractivity contribution is 5.77. The summed E-state index contributed by atoms with van der Waals surface area (Å²) in [7, 11) is 0. The highest BCUT2D eigenvalue weighted by atomic mass is 16.6. The lowest BCUT2D eigenvalue weighted by atomic mass is 9.88. The molecule has 1 saturated heterocycles. The highest BCUT2D eigenvalue weighted by Gasteiger charge is 2.45. The molecule has 0 N–H and O–H groups in total. The van der Waals surface area contributed by atoms with Crippen molar-refractivity contribution in [2.45, 2.75) is 228 Å². The second kappa shape index (κ2) is 28.3. The van der Waals surface area contributed by atoms with Gasteiger partial charge in [0, 0.05) is 51.2 Å². The molecule has 0 bridgehead atoms. The fourth-order valence-electron chi connectivity index (χ4n) is 8.09. The van der Waals surface area contributed by atoms with E-state index in [-0.39, 0.29) is 45.2 Å². The summed E-state index contributed by atoms with van der Waals surface area (Å²) in [5.74, 6) is -1.66. The van der Waals surface area contributed by atoms with E-state index in [1.54, 1.807) is 41.5 Å². The summed E-state index contributed by atoms with van der Waals surface area (Å²) >= 11 is 0. The summed E-state index contributed by atoms with van der Waals surface area (Å²) in [4.78, 5) is 76.4. The third-order valence-corrected chi connectivity index (χ3v) is 10.7. The minimum absolute atomic E-state index is 0.0314. The summed E-state index contributed by atoms with van der Waals surface area (Å²) in [6, 6.07) is 0. The molecule has 13 nitrogen and oxygen atoms in total. The van der Waals surface area contributed by atoms with Gasteiger partial charge in [-0.2, -0.15) is 0 Å². The quantitative estimate of drug-likeness (QED) is 0.0421. The van der Waals surface area contributed by atoms with Gasteiger partial charge >= 0.3 is 23.9 Å². The minimum atomic E-state index is -0.978. The molecule has 13 heteroatoms. The van der Waals surface area contributed by atoms with Crippen LogP contribution in [0.4, 0.5) is 0 Å². The lowest BCUT2D eigenvalue weighted by molar-refractivity contribution is -0.166. The second-order valence-corrected chi connectivity index (χ2v) is 22.0. The van der Waals surface area contributed by atoms with Crippen molar-refractivity contribution in [1.82, 2.24) is 19.6 Å². The van der Waals surface area contributed by atoms with Crippen LogP contribution in [0.25, 0.3) is 0 Å². The van der Waals surface area contributed by atoms with Crippen LogP contribution in [0.5, 0.6) is 0 Å². The van der Waals surface area contributed by atoms with Gasteiger partial charge in [0.1, 0.15) is 22.4 Å². The number of ether oxygens (including phenoxy) is 4. The van der Waals surface area contributed by atoms with Gasteiger partial charge in [-0.25, -0.2) is 0 Å². The topological polar surface area (TPSA) is 135 Å². The minimum Gasteiger partial charge on any atom is -0.459 e. The molecule has 0 aliphatic carbocycles. The molecular formula is C50H94N4O9. The Kier molecular flexibility index (Phi) is 26.2. The first-order valence-corrected chi connectivity index (χ1v) is 24.5. The van der Waals surface area contributed by atoms with Crippen LogP contribution in [0.3, 0.4) is 0 Å². The van der Waals surface area contributed by atoms with E-state index < -0.39 is 51.8 Å². The molecule has 0 atom stereocenters. The van der Waals surface area contributed by atoms with Crippen LogP contribution >= 0.6 is 0 Å². The highest BCUT2D eigenvalue weighted by Crippen LogP contribution is 2.30. The molecule has 0 aromatic carbocycles. The third kappa shape index (κ3) is 28.7. The Labute approximate surface area is 384 Å². The monoisotopic (exact) mass is 895 g/mol. The van der Waals surface area contributed by atoms with E-state index in [2.05, 4.69) is 18.7 Å². The molecule has 1 heterocycles. The molecule has 1 rings (SSSR count). The summed E-state index contributed by atoms with van der Waals surface area (Å²) in [5.41, 5.74) is -3.95. The van der Waals surface area contributed by atoms with Gasteiger partial charge in [0.2, 0.25) is 5.91 Å². The van der Waals surface area contributed by atoms with E-state index in [1.807, 2.05) is 56.2 Å². The zero-order chi connectivity index (χ0) is 47.9. The Morgan fingerprint density at radius 3 is 1.19 bits per heavy atom. The van der Waals surface area contributed by atoms with Gasteiger partial charge in [-0.05, 0) is 109 Å². The maximum absolute atomic E-state index is 14.0. The van der Waals surface area contributed by atoms with Crippen molar-refractivity contribution in [2.75, 3.05) is 65.4 Å². The predicted molar refractivity (Wildman–Crippen MR) is 252 cm³/mol. The molecule has 368 valence electrons. The van der Waals surface area contributed by atoms with Crippen molar-refractivity contribution in [2.24, 2.45) is 0 Å². The van der Waals surface area contributed by atoms with Crippen LogP contribution in [-0.2, 0) is 42.9 Å². The average Bonchev–Trinajstić information content (AvgIpc) is 3.27. The summed E-state index contributed by atoms with van der Waals surface area (Å²) < 4.78 is 23.3. The predicted octanol–water partition coefficient (Wildman–Crippen LogP) is 9.12. The van der Waals surface area contributed by atoms with Crippen molar-refractivity contribution in [3.63, 3.8) is 0 Å². The van der Waals surface area contributed by atoms with Crippen LogP contribution < -0.4 is 0 Å². The molecule has 0 radical (unpaired) electrons. The third-order valence-electron chi connectivity index (χ3n) is 10.7. The number of unbranched alkanes of at least 4 members (excludes halogenated alkanes) is 11. The molecule has 1 aliphatic heterocycles. The molecule has 0 aromatic rings. The van der Waals surface area contributed by atoms with Gasteiger partial charge in [0.25, 0.3) is 0 Å². The summed E-state index contributed by atoms with van der Waals surface area (Å²) in [5, 5.41) is 0. The zero-order valence-electron chi connectivity index (χ0n) is 42.8. The van der Waals surface area contributed by atoms with Crippen LogP contribution in [0.1, 0.15) is 200 Å². The first kappa shape index (κ1) is 58.2. The number of amides is 1. The van der Waals surface area contributed by atoms with Gasteiger partial charge < -0.3 is 23.8 Å². The normalized spacial score (nSPS) is 15.5. The van der Waals surface area contributed by atoms with Crippen molar-refractivity contribution in [3.05, 3.63) is 0 Å². The summed E-state index contributed by atoms with van der Waals surface area (Å²) in [6.45, 7) is 28.6. The Bertz CT molecular complexity index is 1270. The van der Waals surface area contributed by atoms with Crippen molar-refractivity contribution in [1.29, 1.82) is 0 Å². The number of nitrogens with zero attached hydrogens (tertiary/aromatic N) is 4. The lowest BCUT2D eigenvalue weighted by Gasteiger charge is -2.46. The molecule has 1 amide bonds. The molecular weight excluding hydrogens is 801 g/mol. The first-order valence-electron chi connectivity index (χ1n) is 24.5. The van der Waals surface area contributed by atoms with Crippen LogP contribution in [-0.4, -0.2) is 143 Å². The number of carbonyl (C=O) groups excluding carboxylic acids is 5. The number of carbonyl (C=O) groups is 5. The van der Waals surface area contributed by atoms with Gasteiger partial charge in [0.15, 0.2) is 0 Å². The van der Waals surface area contributed by atoms with E-state index in [1.165, 1.54) is 51.4 Å². The fourth-order valence-corrected chi connectivity index (χ4v) is 8.09. The van der Waals surface area contributed by atoms with Gasteiger partial charge in [-0.15, -0.1) is 0 Å². The lowest BCUT2D eigenvalue weighted by Crippen LogP contribution is -2.62. The van der Waals surface area contributed by atoms with E-state index >= 15 is 0 Å². The fraction of sp³-hybridized carbons (Fsp3) is 0.900. The van der Waals surface area contributed by atoms with Crippen molar-refractivity contribution < 1.29 is 42.9 Å². The molecule has 0 saturated carbocycles. The SMILES string of the molecule is CCCCCCCCN(CCCCCCCC)C(=O)CCCCC1(N(CC(=O)OC(C)(C)C)CC(=O)OC(C)(C)C)CN(CC(=O)OC(C)(C)C)CCN(CC(=O)OC(C)(C)C)C1. The van der Waals surface area contributed by atoms with Crippen LogP contribution in [0.15, 0.2) is 0 Å². The van der Waals surface area contributed by atoms with E-state index in [0.29, 0.717) is 38.8 Å². The van der Waals surface area contributed by atoms with E-state index in [9.17, 15) is 24.0 Å². The van der Waals surface area contributed by atoms with E-state index in [4.69, 9.17) is 18.9 Å². The average molecular weight is 895 g/mol. The molecule has 1 fully saturated rings. The second-order valence-electron chi connectivity index (χ2n) is 22.0. The maximum atomic E-state index is 14.0. The van der Waals surface area contributed by atoms with Gasteiger partial charge in [0.05, 0.1) is 26.2 Å². The van der Waals surface area contributed by atoms with Gasteiger partial charge in [-0.1, -0.05) is 84.5 Å². The Balaban J connectivity index is 3.67. The first-order chi connectivity index (χ1) is 29.2. The van der Waals surface area contributed by atoms with Crippen molar-refractivity contribution >= 4 is 29.8 Å². The van der Waals surface area contributed by atoms with Crippen LogP contribution in [0.2, 0.25) is 0 Å². The molecule has 1 aliphatic rings. The number of hydrogen-bond acceptors (Lipinski definition) is 12. The van der Waals surface area contributed by atoms with Crippen molar-refractivity contribution in [3.8, 4) is 0 Å². The standard InChI is InChI=1S/C50H94N4O9/c1-15-17-19-21-23-27-31-53(32-28-24-22-20-18-16-2)41(55)29-25-26-30-50(54(37-44(58)62-48(9,10)11)38-45(59)63-49(12,13)14)39-51(35-42(56)60-46(3,4)5)33-34-52(40-50)36-43(57)61-47(6,7)8/h15-40H2,1-14H3. The zero-order valence-corrected chi connectivity index (χ0v) is 42.8. The van der Waals surface area contributed by atoms with E-state index in [0.717, 1.165) is 38.8 Å². The molecule has 0 aromatic heterocycles. The Hall–Kier alpha value is -2.77. The van der Waals surface area contributed by atoms with Gasteiger partial charge in [-0.3, -0.25) is 38.7 Å². The maximum Gasteiger partial charge on any atom is 0.320 e.